The van der Waals surface area contributed by atoms with Gasteiger partial charge in [-0.3, -0.25) is 4.90 Å². The number of ether oxygens (including phenoxy) is 1. The van der Waals surface area contributed by atoms with E-state index in [1.165, 1.54) is 12.8 Å². The molecule has 0 radical (unpaired) electrons. The van der Waals surface area contributed by atoms with E-state index in [9.17, 15) is 5.11 Å². The summed E-state index contributed by atoms with van der Waals surface area (Å²) < 4.78 is 5.37. The molecule has 3 heteroatoms. The van der Waals surface area contributed by atoms with E-state index in [1.807, 2.05) is 13.0 Å². The second-order valence-electron chi connectivity index (χ2n) is 6.62. The fourth-order valence-electron chi connectivity index (χ4n) is 3.73. The van der Waals surface area contributed by atoms with E-state index in [-0.39, 0.29) is 0 Å². The van der Waals surface area contributed by atoms with E-state index in [4.69, 9.17) is 4.74 Å². The largest absolute Gasteiger partial charge is 0.496 e. The van der Waals surface area contributed by atoms with E-state index in [0.717, 1.165) is 35.4 Å². The van der Waals surface area contributed by atoms with Crippen LogP contribution < -0.4 is 4.74 Å². The van der Waals surface area contributed by atoms with Crippen LogP contribution in [0.15, 0.2) is 12.1 Å². The second kappa shape index (κ2) is 4.74. The smallest absolute Gasteiger partial charge is 0.122 e. The molecule has 1 saturated heterocycles. The van der Waals surface area contributed by atoms with Crippen molar-refractivity contribution in [1.82, 2.24) is 4.90 Å². The molecule has 1 saturated carbocycles. The lowest BCUT2D eigenvalue weighted by molar-refractivity contribution is 0.0444. The molecule has 1 aromatic rings. The molecular formula is C17H25NO2. The average Bonchev–Trinajstić information content (AvgIpc) is 3.18. The molecule has 0 aromatic heterocycles. The molecule has 2 fully saturated rings. The van der Waals surface area contributed by atoms with Crippen molar-refractivity contribution in [3.05, 3.63) is 28.8 Å². The number of hydrogen-bond donors (Lipinski definition) is 1. The fraction of sp³-hybridized carbons (Fsp3) is 0.647. The topological polar surface area (TPSA) is 32.7 Å². The van der Waals surface area contributed by atoms with Gasteiger partial charge in [-0.25, -0.2) is 0 Å². The number of nitrogens with zero attached hydrogens (tertiary/aromatic N) is 1. The number of aliphatic hydroxyl groups is 1. The van der Waals surface area contributed by atoms with Crippen molar-refractivity contribution >= 4 is 0 Å². The van der Waals surface area contributed by atoms with Gasteiger partial charge in [-0.2, -0.15) is 0 Å². The number of β-amino-alcohol motifs (C(OH)–C–C–N with tert-alkyl or cyclic N) is 1. The average molecular weight is 275 g/mol. The van der Waals surface area contributed by atoms with E-state index < -0.39 is 5.60 Å². The van der Waals surface area contributed by atoms with Gasteiger partial charge in [0.15, 0.2) is 0 Å². The van der Waals surface area contributed by atoms with Gasteiger partial charge in [0.05, 0.1) is 7.11 Å². The quantitative estimate of drug-likeness (QED) is 0.920. The molecule has 1 heterocycles. The summed E-state index contributed by atoms with van der Waals surface area (Å²) >= 11 is 0. The van der Waals surface area contributed by atoms with Gasteiger partial charge >= 0.3 is 0 Å². The van der Waals surface area contributed by atoms with Gasteiger partial charge in [-0.15, -0.1) is 0 Å². The van der Waals surface area contributed by atoms with Crippen molar-refractivity contribution in [3.63, 3.8) is 0 Å². The molecule has 0 amide bonds. The highest BCUT2D eigenvalue weighted by atomic mass is 16.5. The second-order valence-corrected chi connectivity index (χ2v) is 6.62. The minimum Gasteiger partial charge on any atom is -0.496 e. The molecule has 3 nitrogen and oxygen atoms in total. The molecule has 0 spiro atoms. The lowest BCUT2D eigenvalue weighted by Gasteiger charge is -2.27. The summed E-state index contributed by atoms with van der Waals surface area (Å²) in [5, 5.41) is 11.2. The first-order valence-electron chi connectivity index (χ1n) is 7.58. The summed E-state index contributed by atoms with van der Waals surface area (Å²) in [6.45, 7) is 7.12. The Hall–Kier alpha value is -1.06. The van der Waals surface area contributed by atoms with Crippen LogP contribution in [0.5, 0.6) is 5.75 Å². The molecule has 20 heavy (non-hydrogen) atoms. The maximum atomic E-state index is 11.2. The van der Waals surface area contributed by atoms with Crippen molar-refractivity contribution in [2.45, 2.75) is 57.7 Å². The van der Waals surface area contributed by atoms with E-state index in [2.05, 4.69) is 24.8 Å². The lowest BCUT2D eigenvalue weighted by Crippen LogP contribution is -2.33. The van der Waals surface area contributed by atoms with Crippen molar-refractivity contribution in [2.24, 2.45) is 0 Å². The Bertz CT molecular complexity index is 524. The van der Waals surface area contributed by atoms with Gasteiger partial charge in [0.2, 0.25) is 0 Å². The number of hydrogen-bond acceptors (Lipinski definition) is 3. The SMILES string of the molecule is COc1cc(C)c(C2(O)CC(C)N(C3CC3)C2)cc1C. The standard InChI is InChI=1S/C17H25NO2/c1-11-8-16(20-4)12(2)7-15(11)17(19)9-13(3)18(10-17)14-5-6-14/h7-8,13-14,19H,5-6,9-10H2,1-4H3. The third kappa shape index (κ3) is 2.23. The predicted molar refractivity (Wildman–Crippen MR) is 80.2 cm³/mol. The van der Waals surface area contributed by atoms with Crippen LogP contribution in [-0.4, -0.2) is 35.7 Å². The summed E-state index contributed by atoms with van der Waals surface area (Å²) in [6.07, 6.45) is 3.41. The number of benzene rings is 1. The van der Waals surface area contributed by atoms with Gasteiger partial charge < -0.3 is 9.84 Å². The summed E-state index contributed by atoms with van der Waals surface area (Å²) in [6, 6.07) is 5.33. The molecule has 1 aliphatic heterocycles. The maximum Gasteiger partial charge on any atom is 0.122 e. The number of likely N-dealkylation sites (tertiary alicyclic amines) is 1. The van der Waals surface area contributed by atoms with Gasteiger partial charge in [-0.1, -0.05) is 0 Å². The molecular weight excluding hydrogens is 250 g/mol. The highest BCUT2D eigenvalue weighted by molar-refractivity contribution is 5.44. The molecule has 1 N–H and O–H groups in total. The van der Waals surface area contributed by atoms with Crippen LogP contribution in [0.1, 0.15) is 42.9 Å². The zero-order chi connectivity index (χ0) is 14.5. The first-order chi connectivity index (χ1) is 9.44. The van der Waals surface area contributed by atoms with Gasteiger partial charge in [0, 0.05) is 18.6 Å². The van der Waals surface area contributed by atoms with Gasteiger partial charge in [-0.05, 0) is 68.9 Å². The Balaban J connectivity index is 1.94. The molecule has 3 rings (SSSR count). The number of methoxy groups -OCH3 is 1. The van der Waals surface area contributed by atoms with Crippen LogP contribution in [0.25, 0.3) is 0 Å². The third-order valence-electron chi connectivity index (χ3n) is 4.90. The summed E-state index contributed by atoms with van der Waals surface area (Å²) in [7, 11) is 1.70. The van der Waals surface area contributed by atoms with Crippen LogP contribution in [0.3, 0.4) is 0 Å². The van der Waals surface area contributed by atoms with Gasteiger partial charge in [0.25, 0.3) is 0 Å². The van der Waals surface area contributed by atoms with Crippen LogP contribution >= 0.6 is 0 Å². The van der Waals surface area contributed by atoms with Crippen LogP contribution in [0.2, 0.25) is 0 Å². The normalized spacial score (nSPS) is 30.8. The van der Waals surface area contributed by atoms with Crippen molar-refractivity contribution in [2.75, 3.05) is 13.7 Å². The predicted octanol–water partition coefficient (Wildman–Crippen LogP) is 2.76. The van der Waals surface area contributed by atoms with E-state index >= 15 is 0 Å². The maximum absolute atomic E-state index is 11.2. The zero-order valence-corrected chi connectivity index (χ0v) is 12.9. The molecule has 2 atom stereocenters. The zero-order valence-electron chi connectivity index (χ0n) is 12.9. The van der Waals surface area contributed by atoms with Crippen LogP contribution in [-0.2, 0) is 5.60 Å². The van der Waals surface area contributed by atoms with Crippen LogP contribution in [0, 0.1) is 13.8 Å². The summed E-state index contributed by atoms with van der Waals surface area (Å²) in [5.41, 5.74) is 2.59. The van der Waals surface area contributed by atoms with Gasteiger partial charge in [0.1, 0.15) is 11.4 Å². The summed E-state index contributed by atoms with van der Waals surface area (Å²) in [5.74, 6) is 0.903. The molecule has 2 aliphatic rings. The molecule has 1 aliphatic carbocycles. The van der Waals surface area contributed by atoms with Crippen molar-refractivity contribution in [3.8, 4) is 5.75 Å². The van der Waals surface area contributed by atoms with Crippen LogP contribution in [0.4, 0.5) is 0 Å². The Labute approximate surface area is 121 Å². The van der Waals surface area contributed by atoms with E-state index in [0.29, 0.717) is 12.1 Å². The minimum atomic E-state index is -0.705. The highest BCUT2D eigenvalue weighted by Crippen LogP contribution is 2.43. The fourth-order valence-corrected chi connectivity index (χ4v) is 3.73. The monoisotopic (exact) mass is 275 g/mol. The van der Waals surface area contributed by atoms with E-state index in [1.54, 1.807) is 7.11 Å². The Kier molecular flexibility index (Phi) is 3.30. The first-order valence-corrected chi connectivity index (χ1v) is 7.58. The Morgan fingerprint density at radius 2 is 1.95 bits per heavy atom. The molecule has 1 aromatic carbocycles. The minimum absolute atomic E-state index is 0.467. The summed E-state index contributed by atoms with van der Waals surface area (Å²) in [4.78, 5) is 2.49. The first kappa shape index (κ1) is 13.9. The van der Waals surface area contributed by atoms with Crippen molar-refractivity contribution in [1.29, 1.82) is 0 Å². The lowest BCUT2D eigenvalue weighted by atomic mass is 9.87. The molecule has 2 unspecified atom stereocenters. The molecule has 110 valence electrons. The number of aryl methyl sites for hydroxylation is 2. The third-order valence-corrected chi connectivity index (χ3v) is 4.90. The molecule has 0 bridgehead atoms. The Morgan fingerprint density at radius 3 is 2.55 bits per heavy atom. The highest BCUT2D eigenvalue weighted by Gasteiger charge is 2.47. The number of rotatable bonds is 3. The Morgan fingerprint density at radius 1 is 1.25 bits per heavy atom. The van der Waals surface area contributed by atoms with Crippen molar-refractivity contribution < 1.29 is 9.84 Å².